The second-order valence-corrected chi connectivity index (χ2v) is 8.25. The maximum atomic E-state index is 11.5. The summed E-state index contributed by atoms with van der Waals surface area (Å²) in [5.74, 6) is 0.0148. The van der Waals surface area contributed by atoms with E-state index in [-0.39, 0.29) is 29.1 Å². The van der Waals surface area contributed by atoms with Crippen molar-refractivity contribution < 1.29 is 23.9 Å². The Kier molecular flexibility index (Phi) is 6.51. The molecule has 0 unspecified atom stereocenters. The Morgan fingerprint density at radius 1 is 0.913 bits per heavy atom. The number of ketones is 2. The third kappa shape index (κ3) is 6.05. The molecule has 2 aliphatic rings. The van der Waals surface area contributed by atoms with Crippen LogP contribution in [-0.2, 0) is 23.9 Å². The van der Waals surface area contributed by atoms with E-state index in [0.717, 1.165) is 19.4 Å². The van der Waals surface area contributed by atoms with E-state index in [0.29, 0.717) is 12.8 Å². The van der Waals surface area contributed by atoms with Crippen molar-refractivity contribution in [1.29, 1.82) is 0 Å². The Labute approximate surface area is 139 Å². The fourth-order valence-electron chi connectivity index (χ4n) is 2.46. The molecule has 2 fully saturated rings. The first-order chi connectivity index (χ1) is 10.4. The summed E-state index contributed by atoms with van der Waals surface area (Å²) in [4.78, 5) is 33.8. The number of esters is 1. The van der Waals surface area contributed by atoms with E-state index in [9.17, 15) is 14.4 Å². The van der Waals surface area contributed by atoms with Gasteiger partial charge in [-0.15, -0.1) is 0 Å². The molecular weight excluding hydrogens is 296 g/mol. The molecule has 0 radical (unpaired) electrons. The average Bonchev–Trinajstić information content (AvgIpc) is 3.06. The van der Waals surface area contributed by atoms with Gasteiger partial charge in [0, 0.05) is 30.3 Å². The van der Waals surface area contributed by atoms with Crippen LogP contribution < -0.4 is 0 Å². The minimum absolute atomic E-state index is 0.0216. The molecule has 2 saturated heterocycles. The Morgan fingerprint density at radius 2 is 1.43 bits per heavy atom. The second kappa shape index (κ2) is 7.56. The van der Waals surface area contributed by atoms with Gasteiger partial charge in [-0.3, -0.25) is 14.4 Å². The van der Waals surface area contributed by atoms with Crippen LogP contribution in [0.25, 0.3) is 0 Å². The second-order valence-electron chi connectivity index (χ2n) is 8.25. The van der Waals surface area contributed by atoms with Gasteiger partial charge in [-0.1, -0.05) is 41.5 Å². The molecule has 0 saturated carbocycles. The zero-order chi connectivity index (χ0) is 17.8. The maximum absolute atomic E-state index is 11.5. The quantitative estimate of drug-likeness (QED) is 0.729. The number of carbonyl (C=O) groups is 3. The number of ether oxygens (including phenoxy) is 2. The summed E-state index contributed by atoms with van der Waals surface area (Å²) >= 11 is 0. The summed E-state index contributed by atoms with van der Waals surface area (Å²) in [5, 5.41) is 0. The molecule has 0 aromatic heterocycles. The molecule has 2 rings (SSSR count). The Morgan fingerprint density at radius 3 is 1.78 bits per heavy atom. The van der Waals surface area contributed by atoms with Crippen LogP contribution in [0, 0.1) is 10.8 Å². The van der Waals surface area contributed by atoms with Crippen molar-refractivity contribution in [1.82, 2.24) is 0 Å². The topological polar surface area (TPSA) is 69.7 Å². The zero-order valence-corrected chi connectivity index (χ0v) is 15.2. The van der Waals surface area contributed by atoms with Crippen molar-refractivity contribution in [3.63, 3.8) is 0 Å². The molecule has 0 aromatic carbocycles. The van der Waals surface area contributed by atoms with Gasteiger partial charge in [-0.25, -0.2) is 0 Å². The SMILES string of the molecule is CC(C)(C)C(=O)[C@H]1CCC(=O)O1.CC(C)(C)C(=O)[C@H]1CCCO1. The normalized spacial score (nSPS) is 24.7. The minimum Gasteiger partial charge on any atom is -0.454 e. The van der Waals surface area contributed by atoms with Crippen LogP contribution in [0.3, 0.4) is 0 Å². The van der Waals surface area contributed by atoms with E-state index in [1.165, 1.54) is 0 Å². The molecule has 0 aliphatic carbocycles. The lowest BCUT2D eigenvalue weighted by Gasteiger charge is -2.20. The van der Waals surface area contributed by atoms with Crippen LogP contribution >= 0.6 is 0 Å². The van der Waals surface area contributed by atoms with Gasteiger partial charge in [0.15, 0.2) is 17.7 Å². The predicted octanol–water partition coefficient (Wildman–Crippen LogP) is 3.09. The smallest absolute Gasteiger partial charge is 0.306 e. The van der Waals surface area contributed by atoms with Crippen LogP contribution in [0.1, 0.15) is 67.2 Å². The summed E-state index contributed by atoms with van der Waals surface area (Å²) in [6.07, 6.45) is 2.27. The van der Waals surface area contributed by atoms with Crippen LogP contribution in [0.4, 0.5) is 0 Å². The van der Waals surface area contributed by atoms with Crippen molar-refractivity contribution in [3.05, 3.63) is 0 Å². The monoisotopic (exact) mass is 326 g/mol. The van der Waals surface area contributed by atoms with E-state index in [2.05, 4.69) is 0 Å². The molecule has 5 nitrogen and oxygen atoms in total. The molecular formula is C18H30O5. The van der Waals surface area contributed by atoms with Gasteiger partial charge in [0.25, 0.3) is 0 Å². The first-order valence-corrected chi connectivity index (χ1v) is 8.32. The number of carbonyl (C=O) groups excluding carboxylic acids is 3. The molecule has 5 heteroatoms. The van der Waals surface area contributed by atoms with Crippen molar-refractivity contribution in [2.24, 2.45) is 10.8 Å². The molecule has 0 aromatic rings. The minimum atomic E-state index is -0.488. The van der Waals surface area contributed by atoms with E-state index in [1.807, 2.05) is 41.5 Å². The van der Waals surface area contributed by atoms with Gasteiger partial charge >= 0.3 is 5.97 Å². The molecule has 0 amide bonds. The summed E-state index contributed by atoms with van der Waals surface area (Å²) < 4.78 is 10.2. The van der Waals surface area contributed by atoms with Gasteiger partial charge in [0.05, 0.1) is 0 Å². The summed E-state index contributed by atoms with van der Waals surface area (Å²) in [6, 6.07) is 0. The molecule has 2 aliphatic heterocycles. The number of hydrogen-bond donors (Lipinski definition) is 0. The number of hydrogen-bond acceptors (Lipinski definition) is 5. The standard InChI is InChI=1S/C9H14O3.C9H16O2/c1-9(2,3)8(11)6-4-5-7(10)12-6;1-9(2,3)8(10)7-5-4-6-11-7/h6H,4-5H2,1-3H3;7H,4-6H2,1-3H3/t6-;7-/m11/s1. The molecule has 132 valence electrons. The molecule has 2 atom stereocenters. The van der Waals surface area contributed by atoms with Crippen molar-refractivity contribution in [2.45, 2.75) is 79.4 Å². The Bertz CT molecular complexity index is 447. The Hall–Kier alpha value is -1.23. The lowest BCUT2D eigenvalue weighted by molar-refractivity contribution is -0.150. The first-order valence-electron chi connectivity index (χ1n) is 8.32. The average molecular weight is 326 g/mol. The number of cyclic esters (lactones) is 1. The van der Waals surface area contributed by atoms with Gasteiger partial charge < -0.3 is 9.47 Å². The van der Waals surface area contributed by atoms with E-state index >= 15 is 0 Å². The highest BCUT2D eigenvalue weighted by molar-refractivity contribution is 5.91. The Balaban J connectivity index is 0.000000231. The number of Topliss-reactive ketones (excluding diaryl/α,β-unsaturated/α-hetero) is 2. The van der Waals surface area contributed by atoms with Gasteiger partial charge in [0.2, 0.25) is 0 Å². The third-order valence-electron chi connectivity index (χ3n) is 3.88. The maximum Gasteiger partial charge on any atom is 0.306 e. The summed E-state index contributed by atoms with van der Waals surface area (Å²) in [7, 11) is 0. The lowest BCUT2D eigenvalue weighted by Crippen LogP contribution is -2.32. The largest absolute Gasteiger partial charge is 0.454 e. The lowest BCUT2D eigenvalue weighted by atomic mass is 9.87. The van der Waals surface area contributed by atoms with Gasteiger partial charge in [-0.05, 0) is 12.8 Å². The van der Waals surface area contributed by atoms with Crippen LogP contribution in [0.5, 0.6) is 0 Å². The van der Waals surface area contributed by atoms with Crippen molar-refractivity contribution in [3.8, 4) is 0 Å². The van der Waals surface area contributed by atoms with Crippen LogP contribution in [0.2, 0.25) is 0 Å². The first kappa shape index (κ1) is 19.8. The zero-order valence-electron chi connectivity index (χ0n) is 15.2. The van der Waals surface area contributed by atoms with Crippen LogP contribution in [-0.4, -0.2) is 36.4 Å². The number of rotatable bonds is 2. The molecule has 0 spiro atoms. The van der Waals surface area contributed by atoms with Crippen molar-refractivity contribution >= 4 is 17.5 Å². The molecule has 0 bridgehead atoms. The molecule has 0 N–H and O–H groups in total. The molecule has 2 heterocycles. The molecule has 23 heavy (non-hydrogen) atoms. The highest BCUT2D eigenvalue weighted by atomic mass is 16.6. The fourth-order valence-corrected chi connectivity index (χ4v) is 2.46. The highest BCUT2D eigenvalue weighted by Gasteiger charge is 2.36. The summed E-state index contributed by atoms with van der Waals surface area (Å²) in [6.45, 7) is 12.1. The summed E-state index contributed by atoms with van der Waals surface area (Å²) in [5.41, 5.74) is -0.649. The van der Waals surface area contributed by atoms with Crippen LogP contribution in [0.15, 0.2) is 0 Å². The predicted molar refractivity (Wildman–Crippen MR) is 87.0 cm³/mol. The highest BCUT2D eigenvalue weighted by Crippen LogP contribution is 2.25. The van der Waals surface area contributed by atoms with E-state index in [1.54, 1.807) is 0 Å². The van der Waals surface area contributed by atoms with Crippen molar-refractivity contribution in [2.75, 3.05) is 6.61 Å². The van der Waals surface area contributed by atoms with E-state index < -0.39 is 11.5 Å². The van der Waals surface area contributed by atoms with E-state index in [4.69, 9.17) is 9.47 Å². The van der Waals surface area contributed by atoms with Gasteiger partial charge in [-0.2, -0.15) is 0 Å². The fraction of sp³-hybridized carbons (Fsp3) is 0.833. The van der Waals surface area contributed by atoms with Gasteiger partial charge in [0.1, 0.15) is 6.10 Å². The third-order valence-corrected chi connectivity index (χ3v) is 3.88.